The molecule has 0 saturated carbocycles. The fourth-order valence-corrected chi connectivity index (χ4v) is 4.97. The number of nitrogens with zero attached hydrogens (tertiary/aromatic N) is 3. The predicted molar refractivity (Wildman–Crippen MR) is 131 cm³/mol. The van der Waals surface area contributed by atoms with E-state index >= 15 is 0 Å². The Hall–Kier alpha value is -3.48. The fraction of sp³-hybridized carbons (Fsp3) is 0.259. The minimum Gasteiger partial charge on any atom is -0.384 e. The maximum atomic E-state index is 11.2. The van der Waals surface area contributed by atoms with Crippen LogP contribution in [0.4, 0.5) is 0 Å². The van der Waals surface area contributed by atoms with Crippen LogP contribution in [-0.2, 0) is 19.5 Å². The first-order valence-electron chi connectivity index (χ1n) is 11.5. The molecule has 0 spiro atoms. The Kier molecular flexibility index (Phi) is 4.78. The normalized spacial score (nSPS) is 19.8. The van der Waals surface area contributed by atoms with Crippen LogP contribution in [0.2, 0.25) is 0 Å². The molecule has 0 bridgehead atoms. The van der Waals surface area contributed by atoms with E-state index in [0.29, 0.717) is 5.71 Å². The van der Waals surface area contributed by atoms with Crippen molar-refractivity contribution in [2.24, 2.45) is 5.10 Å². The van der Waals surface area contributed by atoms with Crippen molar-refractivity contribution in [1.82, 2.24) is 20.3 Å². The number of H-pyrrole nitrogens is 1. The van der Waals surface area contributed by atoms with Gasteiger partial charge in [-0.05, 0) is 46.4 Å². The average Bonchev–Trinajstić information content (AvgIpc) is 3.53. The molecule has 33 heavy (non-hydrogen) atoms. The molecule has 2 atom stereocenters. The Morgan fingerprint density at radius 1 is 0.970 bits per heavy atom. The molecule has 3 N–H and O–H groups in total. The summed E-state index contributed by atoms with van der Waals surface area (Å²) in [5, 5.41) is 21.1. The van der Waals surface area contributed by atoms with E-state index in [0.717, 1.165) is 47.5 Å². The van der Waals surface area contributed by atoms with Crippen molar-refractivity contribution in [3.8, 4) is 11.1 Å². The highest BCUT2D eigenvalue weighted by Crippen LogP contribution is 2.33. The molecule has 6 rings (SSSR count). The van der Waals surface area contributed by atoms with E-state index in [9.17, 15) is 5.11 Å². The number of hydrogen-bond donors (Lipinski definition) is 3. The largest absolute Gasteiger partial charge is 0.384 e. The fourth-order valence-electron chi connectivity index (χ4n) is 4.97. The lowest BCUT2D eigenvalue weighted by atomic mass is 9.97. The molecule has 2 aliphatic heterocycles. The molecule has 3 aromatic carbocycles. The first-order chi connectivity index (χ1) is 16.1. The molecule has 2 unspecified atom stereocenters. The molecule has 2 aliphatic rings. The number of aliphatic hydroxyl groups is 1. The van der Waals surface area contributed by atoms with Crippen LogP contribution in [-0.4, -0.2) is 38.9 Å². The number of rotatable bonds is 4. The lowest BCUT2D eigenvalue weighted by Gasteiger charge is -2.19. The third-order valence-corrected chi connectivity index (χ3v) is 6.83. The van der Waals surface area contributed by atoms with Gasteiger partial charge in [-0.25, -0.2) is 4.98 Å². The van der Waals surface area contributed by atoms with Gasteiger partial charge in [0.2, 0.25) is 0 Å². The van der Waals surface area contributed by atoms with Crippen LogP contribution in [0.25, 0.3) is 22.2 Å². The Morgan fingerprint density at radius 2 is 1.73 bits per heavy atom. The van der Waals surface area contributed by atoms with Gasteiger partial charge in [-0.1, -0.05) is 55.5 Å². The van der Waals surface area contributed by atoms with E-state index in [1.165, 1.54) is 22.3 Å². The number of imidazole rings is 1. The van der Waals surface area contributed by atoms with E-state index in [1.54, 1.807) is 0 Å². The number of nitrogens with one attached hydrogen (secondary N) is 2. The molecule has 0 fully saturated rings. The smallest absolute Gasteiger partial charge is 0.136 e. The molecule has 0 saturated heterocycles. The lowest BCUT2D eigenvalue weighted by Crippen LogP contribution is -2.29. The van der Waals surface area contributed by atoms with Crippen molar-refractivity contribution in [2.45, 2.75) is 38.6 Å². The molecule has 1 aromatic heterocycles. The van der Waals surface area contributed by atoms with Crippen LogP contribution in [0.1, 0.15) is 41.0 Å². The third kappa shape index (κ3) is 3.43. The van der Waals surface area contributed by atoms with Gasteiger partial charge < -0.3 is 15.4 Å². The minimum atomic E-state index is -0.765. The third-order valence-electron chi connectivity index (χ3n) is 6.83. The number of hydrazone groups is 1. The van der Waals surface area contributed by atoms with E-state index in [1.807, 2.05) is 24.2 Å². The number of aryl methyl sites for hydroxylation is 1. The van der Waals surface area contributed by atoms with E-state index in [4.69, 9.17) is 4.98 Å². The van der Waals surface area contributed by atoms with Crippen molar-refractivity contribution < 1.29 is 5.11 Å². The summed E-state index contributed by atoms with van der Waals surface area (Å²) < 4.78 is 0. The van der Waals surface area contributed by atoms with Gasteiger partial charge in [0.25, 0.3) is 0 Å². The average molecular weight is 438 g/mol. The van der Waals surface area contributed by atoms with Crippen molar-refractivity contribution >= 4 is 16.7 Å². The molecule has 4 aromatic rings. The van der Waals surface area contributed by atoms with Gasteiger partial charge in [0, 0.05) is 25.7 Å². The zero-order valence-electron chi connectivity index (χ0n) is 18.8. The van der Waals surface area contributed by atoms with Gasteiger partial charge >= 0.3 is 0 Å². The van der Waals surface area contributed by atoms with Gasteiger partial charge in [-0.15, -0.1) is 0 Å². The lowest BCUT2D eigenvalue weighted by molar-refractivity contribution is 0.134. The van der Waals surface area contributed by atoms with Crippen LogP contribution < -0.4 is 5.32 Å². The summed E-state index contributed by atoms with van der Waals surface area (Å²) in [6.45, 7) is 3.93. The number of aromatic amines is 1. The molecule has 0 aliphatic carbocycles. The van der Waals surface area contributed by atoms with Gasteiger partial charge in [0.15, 0.2) is 0 Å². The number of likely N-dealkylation sites (N-methyl/N-ethyl adjacent to an activating group) is 1. The highest BCUT2D eigenvalue weighted by molar-refractivity contribution is 6.05. The summed E-state index contributed by atoms with van der Waals surface area (Å²) in [5.74, 6) is 0.739. The van der Waals surface area contributed by atoms with Crippen LogP contribution in [0.5, 0.6) is 0 Å². The zero-order valence-corrected chi connectivity index (χ0v) is 18.8. The number of aromatic nitrogens is 2. The molecule has 0 radical (unpaired) electrons. The summed E-state index contributed by atoms with van der Waals surface area (Å²) in [5.41, 5.74) is 9.81. The Balaban J connectivity index is 1.27. The summed E-state index contributed by atoms with van der Waals surface area (Å²) in [7, 11) is 1.89. The number of benzene rings is 3. The van der Waals surface area contributed by atoms with Gasteiger partial charge in [0.1, 0.15) is 18.0 Å². The summed E-state index contributed by atoms with van der Waals surface area (Å²) in [6.07, 6.45) is 0.252. The topological polar surface area (TPSA) is 76.5 Å². The summed E-state index contributed by atoms with van der Waals surface area (Å²) >= 11 is 0. The quantitative estimate of drug-likeness (QED) is 0.448. The van der Waals surface area contributed by atoms with Crippen LogP contribution >= 0.6 is 0 Å². The van der Waals surface area contributed by atoms with E-state index in [2.05, 4.69) is 70.9 Å². The van der Waals surface area contributed by atoms with Gasteiger partial charge in [0.05, 0.1) is 16.7 Å². The maximum absolute atomic E-state index is 11.2. The molecular weight excluding hydrogens is 410 g/mol. The van der Waals surface area contributed by atoms with Gasteiger partial charge in [-0.2, -0.15) is 5.10 Å². The van der Waals surface area contributed by atoms with Crippen LogP contribution in [0, 0.1) is 0 Å². The Labute approximate surface area is 193 Å². The SMILES string of the molecule is CCc1cccc(-c2ccc(C3=NN(C)C(c4nc5cc6c(cc5[nH]4)CNC6)C3O)cc2)c1. The first-order valence-corrected chi connectivity index (χ1v) is 11.5. The van der Waals surface area contributed by atoms with Crippen molar-refractivity contribution in [2.75, 3.05) is 7.05 Å². The highest BCUT2D eigenvalue weighted by atomic mass is 16.3. The van der Waals surface area contributed by atoms with Crippen LogP contribution in [0.15, 0.2) is 65.8 Å². The van der Waals surface area contributed by atoms with E-state index in [-0.39, 0.29) is 6.04 Å². The predicted octanol–water partition coefficient (Wildman–Crippen LogP) is 4.15. The van der Waals surface area contributed by atoms with Crippen molar-refractivity contribution in [1.29, 1.82) is 0 Å². The number of fused-ring (bicyclic) bond motifs is 2. The van der Waals surface area contributed by atoms with Crippen molar-refractivity contribution in [3.05, 3.63) is 88.7 Å². The summed E-state index contributed by atoms with van der Waals surface area (Å²) in [6, 6.07) is 20.9. The molecule has 0 amide bonds. The second-order valence-electron chi connectivity index (χ2n) is 8.94. The van der Waals surface area contributed by atoms with Gasteiger partial charge in [-0.3, -0.25) is 5.01 Å². The molecule has 6 nitrogen and oxygen atoms in total. The van der Waals surface area contributed by atoms with Crippen molar-refractivity contribution in [3.63, 3.8) is 0 Å². The van der Waals surface area contributed by atoms with E-state index < -0.39 is 6.10 Å². The maximum Gasteiger partial charge on any atom is 0.136 e. The van der Waals surface area contributed by atoms with Crippen LogP contribution in [0.3, 0.4) is 0 Å². The molecule has 3 heterocycles. The Morgan fingerprint density at radius 3 is 2.52 bits per heavy atom. The molecule has 6 heteroatoms. The highest BCUT2D eigenvalue weighted by Gasteiger charge is 2.38. The molecular formula is C27H27N5O. The summed E-state index contributed by atoms with van der Waals surface area (Å²) in [4.78, 5) is 8.24. The zero-order chi connectivity index (χ0) is 22.5. The number of hydrogen-bond acceptors (Lipinski definition) is 5. The first kappa shape index (κ1) is 20.1. The monoisotopic (exact) mass is 437 g/mol. The second kappa shape index (κ2) is 7.83. The number of aliphatic hydroxyl groups excluding tert-OH is 1. The standard InChI is InChI=1S/C27H27N5O/c1-3-16-5-4-6-19(11-16)17-7-9-18(10-8-17)24-26(33)25(32(2)31-24)27-29-22-12-20-14-28-15-21(20)13-23(22)30-27/h4-13,25-26,28,33H,3,14-15H2,1-2H3,(H,29,30). The second-order valence-corrected chi connectivity index (χ2v) is 8.94. The Bertz CT molecular complexity index is 1330. The minimum absolute atomic E-state index is 0.346. The molecule has 166 valence electrons.